The normalized spacial score (nSPS) is 11.0. The maximum absolute atomic E-state index is 12.4. The molecule has 0 fully saturated rings. The smallest absolute Gasteiger partial charge is 0.337 e. The molecule has 3 aromatic rings. The molecule has 0 spiro atoms. The summed E-state index contributed by atoms with van der Waals surface area (Å²) in [5, 5.41) is 0. The largest absolute Gasteiger partial charge is 0.486 e. The summed E-state index contributed by atoms with van der Waals surface area (Å²) in [4.78, 5) is 25.5. The molecule has 1 aromatic heterocycles. The van der Waals surface area contributed by atoms with Crippen LogP contribution >= 0.6 is 0 Å². The van der Waals surface area contributed by atoms with Gasteiger partial charge in [-0.1, -0.05) is 24.3 Å². The van der Waals surface area contributed by atoms with Gasteiger partial charge in [0.1, 0.15) is 18.1 Å². The number of nitrogens with one attached hydrogen (secondary N) is 2. The van der Waals surface area contributed by atoms with Crippen molar-refractivity contribution in [1.29, 1.82) is 0 Å². The van der Waals surface area contributed by atoms with Crippen LogP contribution in [0.3, 0.4) is 0 Å². The minimum absolute atomic E-state index is 0.0563. The zero-order chi connectivity index (χ0) is 21.6. The third kappa shape index (κ3) is 5.25. The topological polar surface area (TPSA) is 124 Å². The fourth-order valence-corrected chi connectivity index (χ4v) is 3.28. The van der Waals surface area contributed by atoms with Crippen LogP contribution in [0, 0.1) is 0 Å². The second-order valence-corrected chi connectivity index (χ2v) is 7.63. The van der Waals surface area contributed by atoms with Gasteiger partial charge < -0.3 is 13.9 Å². The first-order valence-electron chi connectivity index (χ1n) is 8.66. The van der Waals surface area contributed by atoms with Gasteiger partial charge in [0, 0.05) is 0 Å². The Balaban J connectivity index is 1.60. The number of benzene rings is 2. The highest BCUT2D eigenvalue weighted by atomic mass is 32.2. The van der Waals surface area contributed by atoms with E-state index in [2.05, 4.69) is 10.2 Å². The Bertz CT molecular complexity index is 1140. The predicted octanol–water partition coefficient (Wildman–Crippen LogP) is 2.27. The van der Waals surface area contributed by atoms with Crippen molar-refractivity contribution < 1.29 is 31.9 Å². The van der Waals surface area contributed by atoms with E-state index < -0.39 is 21.9 Å². The summed E-state index contributed by atoms with van der Waals surface area (Å²) in [6.07, 6.45) is 0. The number of amides is 1. The van der Waals surface area contributed by atoms with Crippen LogP contribution < -0.4 is 15.0 Å². The zero-order valence-electron chi connectivity index (χ0n) is 15.8. The lowest BCUT2D eigenvalue weighted by Crippen LogP contribution is -2.41. The van der Waals surface area contributed by atoms with Crippen molar-refractivity contribution in [3.8, 4) is 5.75 Å². The molecule has 156 valence electrons. The summed E-state index contributed by atoms with van der Waals surface area (Å²) in [5.74, 6) is -0.558. The van der Waals surface area contributed by atoms with Crippen LogP contribution in [-0.2, 0) is 21.4 Å². The third-order valence-corrected chi connectivity index (χ3v) is 5.12. The second-order valence-electron chi connectivity index (χ2n) is 5.95. The molecule has 0 saturated heterocycles. The van der Waals surface area contributed by atoms with E-state index in [1.807, 2.05) is 23.0 Å². The maximum Gasteiger partial charge on any atom is 0.337 e. The van der Waals surface area contributed by atoms with E-state index in [0.717, 1.165) is 6.07 Å². The van der Waals surface area contributed by atoms with Crippen molar-refractivity contribution in [2.24, 2.45) is 0 Å². The number of hydrogen-bond donors (Lipinski definition) is 2. The van der Waals surface area contributed by atoms with E-state index in [1.54, 1.807) is 18.2 Å². The van der Waals surface area contributed by atoms with Crippen molar-refractivity contribution in [2.75, 3.05) is 7.11 Å². The van der Waals surface area contributed by atoms with Crippen LogP contribution in [0.2, 0.25) is 0 Å². The average Bonchev–Trinajstić information content (AvgIpc) is 3.25. The number of carbonyl (C=O) groups is 2. The first-order chi connectivity index (χ1) is 14.4. The quantitative estimate of drug-likeness (QED) is 0.415. The molecule has 0 radical (unpaired) electrons. The molecular weight excluding hydrogens is 412 g/mol. The summed E-state index contributed by atoms with van der Waals surface area (Å²) < 4.78 is 40.2. The van der Waals surface area contributed by atoms with Crippen LogP contribution in [-0.4, -0.2) is 27.4 Å². The lowest BCUT2D eigenvalue weighted by Gasteiger charge is -2.08. The first-order valence-corrected chi connectivity index (χ1v) is 10.1. The van der Waals surface area contributed by atoms with Gasteiger partial charge in [0.2, 0.25) is 0 Å². The molecule has 1 amide bonds. The van der Waals surface area contributed by atoms with E-state index in [-0.39, 0.29) is 22.8 Å². The number of furan rings is 1. The van der Waals surface area contributed by atoms with E-state index >= 15 is 0 Å². The van der Waals surface area contributed by atoms with Crippen molar-refractivity contribution in [1.82, 2.24) is 10.3 Å². The van der Waals surface area contributed by atoms with Crippen LogP contribution in [0.15, 0.2) is 76.0 Å². The molecule has 0 aliphatic carbocycles. The number of hydrogen-bond acceptors (Lipinski definition) is 7. The summed E-state index contributed by atoms with van der Waals surface area (Å²) in [6, 6.07) is 17.2. The number of ether oxygens (including phenoxy) is 2. The molecule has 0 aliphatic heterocycles. The monoisotopic (exact) mass is 430 g/mol. The highest BCUT2D eigenvalue weighted by Gasteiger charge is 2.19. The molecule has 2 aromatic carbocycles. The Hall–Kier alpha value is -3.63. The highest BCUT2D eigenvalue weighted by molar-refractivity contribution is 7.89. The molecule has 9 nitrogen and oxygen atoms in total. The Morgan fingerprint density at radius 3 is 2.50 bits per heavy atom. The third-order valence-electron chi connectivity index (χ3n) is 3.87. The van der Waals surface area contributed by atoms with Gasteiger partial charge in [-0.3, -0.25) is 10.2 Å². The first kappa shape index (κ1) is 21.1. The summed E-state index contributed by atoms with van der Waals surface area (Å²) in [5.41, 5.74) is 2.12. The molecule has 3 rings (SSSR count). The lowest BCUT2D eigenvalue weighted by atomic mass is 10.2. The van der Waals surface area contributed by atoms with E-state index in [1.165, 1.54) is 31.4 Å². The molecule has 0 unspecified atom stereocenters. The summed E-state index contributed by atoms with van der Waals surface area (Å²) >= 11 is 0. The predicted molar refractivity (Wildman–Crippen MR) is 105 cm³/mol. The second kappa shape index (κ2) is 9.25. The molecule has 0 saturated carbocycles. The number of rotatable bonds is 8. The number of methoxy groups -OCH3 is 1. The van der Waals surface area contributed by atoms with Crippen molar-refractivity contribution in [2.45, 2.75) is 11.5 Å². The van der Waals surface area contributed by atoms with Crippen LogP contribution in [0.1, 0.15) is 26.7 Å². The van der Waals surface area contributed by atoms with Gasteiger partial charge in [-0.2, -0.15) is 0 Å². The molecule has 0 bridgehead atoms. The molecule has 30 heavy (non-hydrogen) atoms. The minimum Gasteiger partial charge on any atom is -0.486 e. The van der Waals surface area contributed by atoms with Gasteiger partial charge in [-0.15, -0.1) is 4.83 Å². The van der Waals surface area contributed by atoms with E-state index in [9.17, 15) is 18.0 Å². The Morgan fingerprint density at radius 1 is 1.00 bits per heavy atom. The summed E-state index contributed by atoms with van der Waals surface area (Å²) in [6.45, 7) is 0.101. The highest BCUT2D eigenvalue weighted by Crippen LogP contribution is 2.15. The van der Waals surface area contributed by atoms with Crippen molar-refractivity contribution >= 4 is 21.9 Å². The summed E-state index contributed by atoms with van der Waals surface area (Å²) in [7, 11) is -2.94. The number of esters is 1. The molecule has 0 aliphatic rings. The molecule has 10 heteroatoms. The van der Waals surface area contributed by atoms with Gasteiger partial charge in [0.15, 0.2) is 5.76 Å². The Kier molecular flexibility index (Phi) is 6.50. The fraction of sp³-hybridized carbons (Fsp3) is 0.100. The molecular formula is C20H18N2O7S. The van der Waals surface area contributed by atoms with Gasteiger partial charge >= 0.3 is 11.9 Å². The molecule has 2 N–H and O–H groups in total. The average molecular weight is 430 g/mol. The van der Waals surface area contributed by atoms with Crippen LogP contribution in [0.25, 0.3) is 0 Å². The Labute approximate surface area is 172 Å². The van der Waals surface area contributed by atoms with Gasteiger partial charge in [-0.25, -0.2) is 13.2 Å². The van der Waals surface area contributed by atoms with E-state index in [4.69, 9.17) is 9.15 Å². The van der Waals surface area contributed by atoms with E-state index in [0.29, 0.717) is 11.5 Å². The number of sulfonamides is 1. The van der Waals surface area contributed by atoms with Crippen molar-refractivity contribution in [3.05, 3.63) is 83.8 Å². The van der Waals surface area contributed by atoms with Crippen molar-refractivity contribution in [3.63, 3.8) is 0 Å². The van der Waals surface area contributed by atoms with Crippen LogP contribution in [0.5, 0.6) is 5.75 Å². The van der Waals surface area contributed by atoms with Gasteiger partial charge in [0.05, 0.1) is 17.6 Å². The Morgan fingerprint density at radius 2 is 1.77 bits per heavy atom. The number of carbonyl (C=O) groups excluding carboxylic acids is 2. The fourth-order valence-electron chi connectivity index (χ4n) is 2.39. The standard InChI is InChI=1S/C20H18N2O7S/c1-27-20(24)14-6-5-9-17(12-14)30(25,26)22-21-19(23)18-11-10-16(29-18)13-28-15-7-3-2-4-8-15/h2-12,22H,13H2,1H3,(H,21,23). The number of hydrazine groups is 1. The zero-order valence-corrected chi connectivity index (χ0v) is 16.6. The maximum atomic E-state index is 12.4. The molecule has 0 atom stereocenters. The lowest BCUT2D eigenvalue weighted by molar-refractivity contribution is 0.0600. The SMILES string of the molecule is COC(=O)c1cccc(S(=O)(=O)NNC(=O)c2ccc(COc3ccccc3)o2)c1. The molecule has 1 heterocycles. The number of para-hydroxylation sites is 1. The van der Waals surface area contributed by atoms with Gasteiger partial charge in [-0.05, 0) is 42.5 Å². The minimum atomic E-state index is -4.12. The van der Waals surface area contributed by atoms with Gasteiger partial charge in [0.25, 0.3) is 10.0 Å². The van der Waals surface area contributed by atoms with Crippen LogP contribution in [0.4, 0.5) is 0 Å².